The van der Waals surface area contributed by atoms with Gasteiger partial charge in [0.25, 0.3) is 0 Å². The lowest BCUT2D eigenvalue weighted by Crippen LogP contribution is -2.24. The van der Waals surface area contributed by atoms with Gasteiger partial charge in [0.15, 0.2) is 0 Å². The fraction of sp³-hybridized carbons (Fsp3) is 0.667. The van der Waals surface area contributed by atoms with Crippen LogP contribution in [0.5, 0.6) is 5.88 Å². The van der Waals surface area contributed by atoms with E-state index in [0.717, 1.165) is 38.6 Å². The van der Waals surface area contributed by atoms with Gasteiger partial charge in [0, 0.05) is 13.2 Å². The molecule has 20 heavy (non-hydrogen) atoms. The Morgan fingerprint density at radius 1 is 1.30 bits per heavy atom. The highest BCUT2D eigenvalue weighted by atomic mass is 16.5. The number of anilines is 2. The van der Waals surface area contributed by atoms with Gasteiger partial charge < -0.3 is 20.5 Å². The van der Waals surface area contributed by atoms with E-state index in [1.807, 2.05) is 12.1 Å². The molecule has 110 valence electrons. The van der Waals surface area contributed by atoms with Crippen LogP contribution in [0.3, 0.4) is 0 Å². The molecule has 1 unspecified atom stereocenters. The van der Waals surface area contributed by atoms with Crippen LogP contribution in [-0.4, -0.2) is 31.3 Å². The molecular formula is C15H23N3O2. The van der Waals surface area contributed by atoms with E-state index in [9.17, 15) is 0 Å². The van der Waals surface area contributed by atoms with Gasteiger partial charge in [0.1, 0.15) is 5.82 Å². The van der Waals surface area contributed by atoms with Gasteiger partial charge in [0.05, 0.1) is 18.9 Å². The average molecular weight is 277 g/mol. The highest BCUT2D eigenvalue weighted by Crippen LogP contribution is 2.30. The van der Waals surface area contributed by atoms with Gasteiger partial charge in [0.2, 0.25) is 5.88 Å². The quantitative estimate of drug-likeness (QED) is 0.835. The van der Waals surface area contributed by atoms with Crippen molar-refractivity contribution in [3.05, 3.63) is 12.1 Å². The van der Waals surface area contributed by atoms with Crippen LogP contribution in [0.4, 0.5) is 11.5 Å². The number of nitrogens with two attached hydrogens (primary N) is 1. The third kappa shape index (κ3) is 3.76. The summed E-state index contributed by atoms with van der Waals surface area (Å²) >= 11 is 0. The Bertz CT molecular complexity index is 443. The van der Waals surface area contributed by atoms with Crippen LogP contribution in [0.25, 0.3) is 0 Å². The molecule has 0 spiro atoms. The largest absolute Gasteiger partial charge is 0.476 e. The van der Waals surface area contributed by atoms with Gasteiger partial charge in [-0.2, -0.15) is 4.98 Å². The number of nitrogen functional groups attached to an aromatic ring is 1. The number of pyridine rings is 1. The zero-order valence-corrected chi connectivity index (χ0v) is 11.8. The first-order valence-corrected chi connectivity index (χ1v) is 7.52. The summed E-state index contributed by atoms with van der Waals surface area (Å²) < 4.78 is 11.2. The number of nitrogens with zero attached hydrogens (tertiary/aromatic N) is 1. The molecule has 1 atom stereocenters. The van der Waals surface area contributed by atoms with Crippen molar-refractivity contribution in [1.29, 1.82) is 0 Å². The van der Waals surface area contributed by atoms with Crippen LogP contribution < -0.4 is 15.8 Å². The van der Waals surface area contributed by atoms with Gasteiger partial charge in [-0.3, -0.25) is 0 Å². The highest BCUT2D eigenvalue weighted by molar-refractivity contribution is 5.53. The molecule has 0 amide bonds. The van der Waals surface area contributed by atoms with Gasteiger partial charge in [-0.05, 0) is 49.7 Å². The van der Waals surface area contributed by atoms with Crippen LogP contribution in [0, 0.1) is 11.8 Å². The Morgan fingerprint density at radius 3 is 2.95 bits per heavy atom. The normalized spacial score (nSPS) is 22.5. The molecule has 3 rings (SSSR count). The van der Waals surface area contributed by atoms with Gasteiger partial charge in [-0.25, -0.2) is 0 Å². The van der Waals surface area contributed by atoms with Crippen LogP contribution in [0.1, 0.15) is 25.7 Å². The molecule has 1 saturated carbocycles. The molecule has 0 aromatic carbocycles. The van der Waals surface area contributed by atoms with E-state index < -0.39 is 0 Å². The second-order valence-corrected chi connectivity index (χ2v) is 5.81. The van der Waals surface area contributed by atoms with Gasteiger partial charge >= 0.3 is 0 Å². The first-order valence-electron chi connectivity index (χ1n) is 7.52. The fourth-order valence-corrected chi connectivity index (χ4v) is 2.36. The minimum Gasteiger partial charge on any atom is -0.476 e. The predicted octanol–water partition coefficient (Wildman–Crippen LogP) is 2.29. The van der Waals surface area contributed by atoms with Crippen molar-refractivity contribution in [2.24, 2.45) is 11.8 Å². The summed E-state index contributed by atoms with van der Waals surface area (Å²) in [6, 6.07) is 3.76. The zero-order valence-electron chi connectivity index (χ0n) is 11.8. The number of ether oxygens (including phenoxy) is 2. The standard InChI is InChI=1S/C15H23N3O2/c16-13-5-6-14(17-8-12-2-1-7-19-9-12)18-15(13)20-10-11-3-4-11/h5-6,11-12H,1-4,7-10,16H2,(H,17,18). The van der Waals surface area contributed by atoms with Gasteiger partial charge in [-0.1, -0.05) is 0 Å². The predicted molar refractivity (Wildman–Crippen MR) is 78.9 cm³/mol. The van der Waals surface area contributed by atoms with Crippen molar-refractivity contribution < 1.29 is 9.47 Å². The van der Waals surface area contributed by atoms with Crippen molar-refractivity contribution >= 4 is 11.5 Å². The molecule has 1 aliphatic heterocycles. The molecule has 2 fully saturated rings. The van der Waals surface area contributed by atoms with Crippen molar-refractivity contribution in [3.63, 3.8) is 0 Å². The van der Waals surface area contributed by atoms with E-state index in [2.05, 4.69) is 10.3 Å². The van der Waals surface area contributed by atoms with E-state index >= 15 is 0 Å². The fourth-order valence-electron chi connectivity index (χ4n) is 2.36. The molecule has 1 aromatic heterocycles. The van der Waals surface area contributed by atoms with Crippen molar-refractivity contribution in [2.75, 3.05) is 37.4 Å². The molecular weight excluding hydrogens is 254 g/mol. The summed E-state index contributed by atoms with van der Waals surface area (Å²) in [5.74, 6) is 2.66. The lowest BCUT2D eigenvalue weighted by Gasteiger charge is -2.22. The number of nitrogens with one attached hydrogen (secondary N) is 1. The number of hydrogen-bond donors (Lipinski definition) is 2. The van der Waals surface area contributed by atoms with Gasteiger partial charge in [-0.15, -0.1) is 0 Å². The van der Waals surface area contributed by atoms with Crippen LogP contribution in [0.2, 0.25) is 0 Å². The summed E-state index contributed by atoms with van der Waals surface area (Å²) in [5, 5.41) is 3.36. The highest BCUT2D eigenvalue weighted by Gasteiger charge is 2.22. The Labute approximate surface area is 119 Å². The van der Waals surface area contributed by atoms with Crippen LogP contribution in [-0.2, 0) is 4.74 Å². The van der Waals surface area contributed by atoms with Crippen molar-refractivity contribution in [1.82, 2.24) is 4.98 Å². The smallest absolute Gasteiger partial charge is 0.239 e. The lowest BCUT2D eigenvalue weighted by atomic mass is 10.0. The number of aromatic nitrogens is 1. The number of rotatable bonds is 6. The maximum Gasteiger partial charge on any atom is 0.239 e. The summed E-state index contributed by atoms with van der Waals surface area (Å²) in [6.45, 7) is 3.36. The summed E-state index contributed by atoms with van der Waals surface area (Å²) in [4.78, 5) is 4.46. The second kappa shape index (κ2) is 6.31. The molecule has 0 bridgehead atoms. The molecule has 1 aliphatic carbocycles. The van der Waals surface area contributed by atoms with Crippen LogP contribution >= 0.6 is 0 Å². The monoisotopic (exact) mass is 277 g/mol. The van der Waals surface area contributed by atoms with Crippen LogP contribution in [0.15, 0.2) is 12.1 Å². The minimum absolute atomic E-state index is 0.557. The van der Waals surface area contributed by atoms with E-state index in [-0.39, 0.29) is 0 Å². The molecule has 5 nitrogen and oxygen atoms in total. The van der Waals surface area contributed by atoms with Crippen molar-refractivity contribution in [2.45, 2.75) is 25.7 Å². The first-order chi connectivity index (χ1) is 9.81. The van der Waals surface area contributed by atoms with E-state index in [1.165, 1.54) is 19.3 Å². The molecule has 3 N–H and O–H groups in total. The van der Waals surface area contributed by atoms with Crippen molar-refractivity contribution in [3.8, 4) is 5.88 Å². The zero-order chi connectivity index (χ0) is 13.8. The molecule has 1 saturated heterocycles. The summed E-state index contributed by atoms with van der Waals surface area (Å²) in [7, 11) is 0. The molecule has 2 heterocycles. The Morgan fingerprint density at radius 2 is 2.20 bits per heavy atom. The van der Waals surface area contributed by atoms with E-state index in [4.69, 9.17) is 15.2 Å². The van der Waals surface area contributed by atoms with E-state index in [1.54, 1.807) is 0 Å². The Kier molecular flexibility index (Phi) is 4.25. The molecule has 2 aliphatic rings. The lowest BCUT2D eigenvalue weighted by molar-refractivity contribution is 0.0595. The maximum absolute atomic E-state index is 5.90. The topological polar surface area (TPSA) is 69.4 Å². The third-order valence-electron chi connectivity index (χ3n) is 3.87. The van der Waals surface area contributed by atoms with E-state index in [0.29, 0.717) is 23.4 Å². The molecule has 0 radical (unpaired) electrons. The number of hydrogen-bond acceptors (Lipinski definition) is 5. The SMILES string of the molecule is Nc1ccc(NCC2CCCOC2)nc1OCC1CC1. The molecule has 1 aromatic rings. The third-order valence-corrected chi connectivity index (χ3v) is 3.87. The minimum atomic E-state index is 0.557. The first kappa shape index (κ1) is 13.5. The molecule has 5 heteroatoms. The summed E-state index contributed by atoms with van der Waals surface area (Å²) in [6.07, 6.45) is 4.89. The average Bonchev–Trinajstić information content (AvgIpc) is 3.30. The second-order valence-electron chi connectivity index (χ2n) is 5.81. The summed E-state index contributed by atoms with van der Waals surface area (Å²) in [5.41, 5.74) is 6.51. The Hall–Kier alpha value is -1.49. The Balaban J connectivity index is 1.53. The maximum atomic E-state index is 5.90.